The molecule has 0 atom stereocenters. The first-order valence-corrected chi connectivity index (χ1v) is 10.3. The van der Waals surface area contributed by atoms with Crippen molar-refractivity contribution in [2.75, 3.05) is 0 Å². The molecule has 204 valence electrons. The van der Waals surface area contributed by atoms with Crippen molar-refractivity contribution in [3.63, 3.8) is 0 Å². The van der Waals surface area contributed by atoms with Gasteiger partial charge in [0.2, 0.25) is 5.79 Å². The normalized spacial score (nSPS) is 14.6. The third-order valence-electron chi connectivity index (χ3n) is 5.65. The van der Waals surface area contributed by atoms with Gasteiger partial charge in [-0.25, -0.2) is 0 Å². The Morgan fingerprint density at radius 1 is 0.543 bits per heavy atom. The molecule has 0 bridgehead atoms. The van der Waals surface area contributed by atoms with Crippen LogP contribution in [0, 0.1) is 0 Å². The molecule has 0 aliphatic heterocycles. The topological polar surface area (TPSA) is 323 Å². The summed E-state index contributed by atoms with van der Waals surface area (Å²) in [5.74, 6) is -39.4. The van der Waals surface area contributed by atoms with Crippen molar-refractivity contribution in [3.8, 4) is 0 Å². The van der Waals surface area contributed by atoms with Crippen LogP contribution in [0.15, 0.2) is 0 Å². The zero-order valence-corrected chi connectivity index (χ0v) is 21.4. The standard InChI is InChI=1S/C18H36O16.Na/c1-2-3-4-5-6-7-8-9-10-12(21,22)14(25,26)16(29,30)18(33,34)17(31,32)15(27,28)13(23,24)11(19)20;/h21-34H,2-10H2,1H3,(H,19,20);/q;+1/p-1. The molecule has 35 heavy (non-hydrogen) atoms. The van der Waals surface area contributed by atoms with E-state index in [4.69, 9.17) is 10.2 Å². The molecule has 0 fully saturated rings. The van der Waals surface area contributed by atoms with Gasteiger partial charge in [-0.05, 0) is 6.42 Å². The Morgan fingerprint density at radius 3 is 1.23 bits per heavy atom. The second-order valence-corrected chi connectivity index (χ2v) is 8.36. The summed E-state index contributed by atoms with van der Waals surface area (Å²) in [6.07, 6.45) is 4.08. The zero-order chi connectivity index (χ0) is 27.4. The third kappa shape index (κ3) is 6.87. The van der Waals surface area contributed by atoms with E-state index in [1.54, 1.807) is 0 Å². The fraction of sp³-hybridized carbons (Fsp3) is 0.944. The number of aliphatic hydroxyl groups is 14. The minimum absolute atomic E-state index is 0. The van der Waals surface area contributed by atoms with Crippen LogP contribution < -0.4 is 34.7 Å². The number of carboxylic acids is 1. The van der Waals surface area contributed by atoms with E-state index in [0.29, 0.717) is 6.42 Å². The summed E-state index contributed by atoms with van der Waals surface area (Å²) < 4.78 is 0. The maximum absolute atomic E-state index is 10.7. The van der Waals surface area contributed by atoms with Gasteiger partial charge in [-0.1, -0.05) is 51.9 Å². The number of carbonyl (C=O) groups is 1. The van der Waals surface area contributed by atoms with Crippen LogP contribution in [0.2, 0.25) is 0 Å². The van der Waals surface area contributed by atoms with E-state index in [0.717, 1.165) is 32.1 Å². The molecule has 14 N–H and O–H groups in total. The third-order valence-corrected chi connectivity index (χ3v) is 5.65. The van der Waals surface area contributed by atoms with E-state index in [9.17, 15) is 71.2 Å². The van der Waals surface area contributed by atoms with E-state index in [1.807, 2.05) is 6.92 Å². The molecule has 17 heteroatoms. The van der Waals surface area contributed by atoms with Crippen molar-refractivity contribution in [2.45, 2.75) is 105 Å². The van der Waals surface area contributed by atoms with Crippen LogP contribution in [-0.2, 0) is 4.79 Å². The van der Waals surface area contributed by atoms with Crippen LogP contribution in [0.25, 0.3) is 0 Å². The molecule has 0 unspecified atom stereocenters. The van der Waals surface area contributed by atoms with Crippen molar-refractivity contribution >= 4 is 5.97 Å². The van der Waals surface area contributed by atoms with Gasteiger partial charge in [0.05, 0.1) is 0 Å². The Hall–Kier alpha value is -0.0900. The van der Waals surface area contributed by atoms with Crippen LogP contribution in [-0.4, -0.2) is 118 Å². The fourth-order valence-corrected chi connectivity index (χ4v) is 3.07. The SMILES string of the molecule is CCCCCCCCCCC(O)(O)C(O)(O)C(O)(O)C(O)(O)C(O)(O)C(O)(O)C(O)(O)C(=O)[O-].[Na+]. The van der Waals surface area contributed by atoms with E-state index in [2.05, 4.69) is 0 Å². The molecule has 0 aromatic heterocycles. The zero-order valence-electron chi connectivity index (χ0n) is 19.4. The van der Waals surface area contributed by atoms with Crippen molar-refractivity contribution in [1.82, 2.24) is 0 Å². The molecule has 0 spiro atoms. The van der Waals surface area contributed by atoms with E-state index < -0.39 is 52.9 Å². The number of hydrogen-bond acceptors (Lipinski definition) is 16. The summed E-state index contributed by atoms with van der Waals surface area (Å²) >= 11 is 0. The van der Waals surface area contributed by atoms with Crippen LogP contribution in [0.5, 0.6) is 0 Å². The molecule has 16 nitrogen and oxygen atoms in total. The molecule has 0 saturated carbocycles. The van der Waals surface area contributed by atoms with Crippen molar-refractivity contribution in [2.24, 2.45) is 0 Å². The predicted octanol–water partition coefficient (Wildman–Crippen LogP) is -9.96. The van der Waals surface area contributed by atoms with Gasteiger partial charge in [-0.15, -0.1) is 0 Å². The predicted molar refractivity (Wildman–Crippen MR) is 102 cm³/mol. The first-order chi connectivity index (χ1) is 15.0. The van der Waals surface area contributed by atoms with Crippen molar-refractivity contribution < 1.29 is 111 Å². The van der Waals surface area contributed by atoms with Crippen LogP contribution in [0.3, 0.4) is 0 Å². The summed E-state index contributed by atoms with van der Waals surface area (Å²) in [7, 11) is 0. The summed E-state index contributed by atoms with van der Waals surface area (Å²) in [6.45, 7) is 2.01. The van der Waals surface area contributed by atoms with Gasteiger partial charge in [0, 0.05) is 6.42 Å². The molecule has 0 radical (unpaired) electrons. The average molecular weight is 530 g/mol. The number of rotatable bonds is 16. The van der Waals surface area contributed by atoms with Gasteiger partial charge >= 0.3 is 29.6 Å². The molecular weight excluding hydrogens is 495 g/mol. The number of aliphatic carboxylic acids is 1. The number of hydrogen-bond donors (Lipinski definition) is 14. The van der Waals surface area contributed by atoms with Crippen LogP contribution >= 0.6 is 0 Å². The molecule has 0 heterocycles. The van der Waals surface area contributed by atoms with Gasteiger partial charge in [-0.3, -0.25) is 0 Å². The summed E-state index contributed by atoms with van der Waals surface area (Å²) in [5.41, 5.74) is 0. The van der Waals surface area contributed by atoms with Crippen LogP contribution in [0.1, 0.15) is 64.7 Å². The van der Waals surface area contributed by atoms with Gasteiger partial charge in [0.15, 0.2) is 0 Å². The average Bonchev–Trinajstić information content (AvgIpc) is 2.68. The molecular formula is C18H35NaO16. The van der Waals surface area contributed by atoms with Gasteiger partial charge in [-0.2, -0.15) is 0 Å². The molecule has 0 aliphatic rings. The largest absolute Gasteiger partial charge is 1.00 e. The Bertz CT molecular complexity index is 673. The quantitative estimate of drug-likeness (QED) is 0.0500. The Balaban J connectivity index is 0. The first kappa shape index (κ1) is 37.1. The molecule has 0 aromatic rings. The number of carboxylic acid groups (broad SMARTS) is 1. The molecule has 0 aromatic carbocycles. The Kier molecular flexibility index (Phi) is 13.4. The van der Waals surface area contributed by atoms with Gasteiger partial charge in [0.1, 0.15) is 5.97 Å². The molecule has 0 amide bonds. The second kappa shape index (κ2) is 12.6. The molecule has 0 rings (SSSR count). The van der Waals surface area contributed by atoms with Crippen molar-refractivity contribution in [1.29, 1.82) is 0 Å². The Labute approximate surface area is 221 Å². The molecule has 0 aliphatic carbocycles. The van der Waals surface area contributed by atoms with E-state index in [-0.39, 0.29) is 42.4 Å². The summed E-state index contributed by atoms with van der Waals surface area (Å²) in [5, 5.41) is 147. The molecule has 0 saturated heterocycles. The van der Waals surface area contributed by atoms with E-state index >= 15 is 0 Å². The van der Waals surface area contributed by atoms with Gasteiger partial charge in [0.25, 0.3) is 34.7 Å². The summed E-state index contributed by atoms with van der Waals surface area (Å²) in [6, 6.07) is 0. The van der Waals surface area contributed by atoms with Gasteiger partial charge < -0.3 is 81.4 Å². The smallest absolute Gasteiger partial charge is 0.544 e. The maximum Gasteiger partial charge on any atom is 1.00 e. The van der Waals surface area contributed by atoms with E-state index in [1.165, 1.54) is 0 Å². The Morgan fingerprint density at radius 2 is 0.857 bits per heavy atom. The maximum atomic E-state index is 10.7. The minimum atomic E-state index is -5.58. The first-order valence-electron chi connectivity index (χ1n) is 10.3. The minimum Gasteiger partial charge on any atom is -0.544 e. The number of unbranched alkanes of at least 4 members (excludes halogenated alkanes) is 7. The second-order valence-electron chi connectivity index (χ2n) is 8.36. The monoisotopic (exact) mass is 530 g/mol. The number of carbonyl (C=O) groups excluding carboxylic acids is 1. The van der Waals surface area contributed by atoms with Crippen molar-refractivity contribution in [3.05, 3.63) is 0 Å². The summed E-state index contributed by atoms with van der Waals surface area (Å²) in [4.78, 5) is 10.7. The fourth-order valence-electron chi connectivity index (χ4n) is 3.07. The van der Waals surface area contributed by atoms with Crippen LogP contribution in [0.4, 0.5) is 0 Å².